The van der Waals surface area contributed by atoms with Crippen LogP contribution in [0.5, 0.6) is 0 Å². The molecular weight excluding hydrogens is 384 g/mol. The highest BCUT2D eigenvalue weighted by Gasteiger charge is 2.37. The summed E-state index contributed by atoms with van der Waals surface area (Å²) in [6, 6.07) is 10.3. The van der Waals surface area contributed by atoms with E-state index in [-0.39, 0.29) is 35.6 Å². The molecular formula is C20H15F6NO. The van der Waals surface area contributed by atoms with Crippen molar-refractivity contribution in [2.24, 2.45) is 0 Å². The van der Waals surface area contributed by atoms with Crippen LogP contribution in [0.1, 0.15) is 35.4 Å². The van der Waals surface area contributed by atoms with Gasteiger partial charge in [0.05, 0.1) is 11.1 Å². The Hall–Kier alpha value is -2.77. The fourth-order valence-corrected chi connectivity index (χ4v) is 3.15. The summed E-state index contributed by atoms with van der Waals surface area (Å²) >= 11 is 0. The lowest BCUT2D eigenvalue weighted by Gasteiger charge is -2.24. The first-order chi connectivity index (χ1) is 13.0. The first-order valence-electron chi connectivity index (χ1n) is 8.37. The molecule has 1 aliphatic rings. The van der Waals surface area contributed by atoms with Gasteiger partial charge in [-0.15, -0.1) is 0 Å². The third kappa shape index (κ3) is 4.74. The number of alkyl halides is 6. The smallest absolute Gasteiger partial charge is 0.359 e. The third-order valence-corrected chi connectivity index (χ3v) is 4.41. The van der Waals surface area contributed by atoms with Crippen LogP contribution in [0.25, 0.3) is 0 Å². The SMILES string of the molecule is O=C1C=C(Nc2cc(C(F)(F)F)cc(C(F)(F)F)c2)C[C@@H](c2ccccc2)C1. The molecule has 2 nitrogen and oxygen atoms in total. The van der Waals surface area contributed by atoms with Gasteiger partial charge in [0.1, 0.15) is 0 Å². The minimum atomic E-state index is -4.93. The van der Waals surface area contributed by atoms with E-state index in [0.717, 1.165) is 5.56 Å². The van der Waals surface area contributed by atoms with Gasteiger partial charge in [-0.2, -0.15) is 26.3 Å². The molecule has 8 heteroatoms. The molecule has 1 N–H and O–H groups in total. The van der Waals surface area contributed by atoms with Crippen LogP contribution in [0.2, 0.25) is 0 Å². The fourth-order valence-electron chi connectivity index (χ4n) is 3.15. The highest BCUT2D eigenvalue weighted by Crippen LogP contribution is 2.39. The highest BCUT2D eigenvalue weighted by atomic mass is 19.4. The molecule has 0 bridgehead atoms. The Morgan fingerprint density at radius 2 is 1.39 bits per heavy atom. The van der Waals surface area contributed by atoms with Gasteiger partial charge in [-0.25, -0.2) is 0 Å². The molecule has 0 amide bonds. The predicted octanol–water partition coefficient (Wildman–Crippen LogP) is 6.17. The Morgan fingerprint density at radius 3 is 1.93 bits per heavy atom. The minimum absolute atomic E-state index is 0.0678. The third-order valence-electron chi connectivity index (χ3n) is 4.41. The van der Waals surface area contributed by atoms with Crippen LogP contribution in [0.4, 0.5) is 32.0 Å². The van der Waals surface area contributed by atoms with Gasteiger partial charge in [-0.05, 0) is 36.1 Å². The van der Waals surface area contributed by atoms with Crippen molar-refractivity contribution in [3.05, 3.63) is 77.0 Å². The number of nitrogens with one attached hydrogen (secondary N) is 1. The lowest BCUT2D eigenvalue weighted by molar-refractivity contribution is -0.143. The zero-order chi connectivity index (χ0) is 20.5. The fraction of sp³-hybridized carbons (Fsp3) is 0.250. The van der Waals surface area contributed by atoms with Crippen molar-refractivity contribution in [2.45, 2.75) is 31.1 Å². The summed E-state index contributed by atoms with van der Waals surface area (Å²) in [7, 11) is 0. The number of hydrogen-bond donors (Lipinski definition) is 1. The molecule has 0 unspecified atom stereocenters. The lowest BCUT2D eigenvalue weighted by atomic mass is 9.85. The summed E-state index contributed by atoms with van der Waals surface area (Å²) in [6.45, 7) is 0. The monoisotopic (exact) mass is 399 g/mol. The van der Waals surface area contributed by atoms with E-state index in [4.69, 9.17) is 0 Å². The molecule has 0 spiro atoms. The Kier molecular flexibility index (Phi) is 5.23. The van der Waals surface area contributed by atoms with Crippen molar-refractivity contribution in [1.29, 1.82) is 0 Å². The molecule has 3 rings (SSSR count). The molecule has 1 aliphatic carbocycles. The quantitative estimate of drug-likeness (QED) is 0.626. The second kappa shape index (κ2) is 7.33. The van der Waals surface area contributed by atoms with Gasteiger partial charge in [-0.1, -0.05) is 30.3 Å². The topological polar surface area (TPSA) is 29.1 Å². The van der Waals surface area contributed by atoms with E-state index in [0.29, 0.717) is 18.6 Å². The number of allylic oxidation sites excluding steroid dienone is 2. The van der Waals surface area contributed by atoms with Crippen LogP contribution in [-0.2, 0) is 17.1 Å². The lowest BCUT2D eigenvalue weighted by Crippen LogP contribution is -2.17. The van der Waals surface area contributed by atoms with E-state index in [2.05, 4.69) is 5.32 Å². The van der Waals surface area contributed by atoms with E-state index in [9.17, 15) is 31.1 Å². The number of ketones is 1. The summed E-state index contributed by atoms with van der Waals surface area (Å²) < 4.78 is 78.0. The first-order valence-corrected chi connectivity index (χ1v) is 8.37. The number of anilines is 1. The normalized spacial score (nSPS) is 18.0. The van der Waals surface area contributed by atoms with Crippen molar-refractivity contribution >= 4 is 11.5 Å². The Morgan fingerprint density at radius 1 is 0.821 bits per heavy atom. The molecule has 2 aromatic carbocycles. The van der Waals surface area contributed by atoms with Gasteiger partial charge in [0.2, 0.25) is 0 Å². The van der Waals surface area contributed by atoms with Crippen LogP contribution in [0, 0.1) is 0 Å². The van der Waals surface area contributed by atoms with E-state index in [1.54, 1.807) is 12.1 Å². The Labute approximate surface area is 156 Å². The van der Waals surface area contributed by atoms with Gasteiger partial charge in [0.15, 0.2) is 5.78 Å². The Balaban J connectivity index is 1.91. The summed E-state index contributed by atoms with van der Waals surface area (Å²) in [5.74, 6) is -0.445. The van der Waals surface area contributed by atoms with E-state index in [1.165, 1.54) is 6.08 Å². The van der Waals surface area contributed by atoms with Crippen molar-refractivity contribution in [3.63, 3.8) is 0 Å². The second-order valence-corrected chi connectivity index (χ2v) is 6.57. The summed E-state index contributed by atoms with van der Waals surface area (Å²) in [6.07, 6.45) is -8.10. The molecule has 0 radical (unpaired) electrons. The second-order valence-electron chi connectivity index (χ2n) is 6.57. The molecule has 1 atom stereocenters. The number of hydrogen-bond acceptors (Lipinski definition) is 2. The van der Waals surface area contributed by atoms with Crippen molar-refractivity contribution < 1.29 is 31.1 Å². The van der Waals surface area contributed by atoms with Crippen LogP contribution < -0.4 is 5.32 Å². The molecule has 0 fully saturated rings. The average molecular weight is 399 g/mol. The molecule has 2 aromatic rings. The van der Waals surface area contributed by atoms with Gasteiger partial charge >= 0.3 is 12.4 Å². The number of carbonyl (C=O) groups excluding carboxylic acids is 1. The van der Waals surface area contributed by atoms with Gasteiger partial charge < -0.3 is 5.32 Å². The van der Waals surface area contributed by atoms with Crippen molar-refractivity contribution in [3.8, 4) is 0 Å². The van der Waals surface area contributed by atoms with Gasteiger partial charge in [-0.3, -0.25) is 4.79 Å². The van der Waals surface area contributed by atoms with Crippen LogP contribution in [0.15, 0.2) is 60.3 Å². The molecule has 0 aliphatic heterocycles. The average Bonchev–Trinajstić information content (AvgIpc) is 2.60. The van der Waals surface area contributed by atoms with Crippen molar-refractivity contribution in [2.75, 3.05) is 5.32 Å². The van der Waals surface area contributed by atoms with Crippen LogP contribution in [0.3, 0.4) is 0 Å². The number of halogens is 6. The van der Waals surface area contributed by atoms with Gasteiger partial charge in [0.25, 0.3) is 0 Å². The van der Waals surface area contributed by atoms with Crippen molar-refractivity contribution in [1.82, 2.24) is 0 Å². The summed E-state index contributed by atoms with van der Waals surface area (Å²) in [4.78, 5) is 12.0. The van der Waals surface area contributed by atoms with Gasteiger partial charge in [0, 0.05) is 23.9 Å². The maximum Gasteiger partial charge on any atom is 0.416 e. The predicted molar refractivity (Wildman–Crippen MR) is 91.6 cm³/mol. The maximum absolute atomic E-state index is 13.0. The highest BCUT2D eigenvalue weighted by molar-refractivity contribution is 5.92. The first kappa shape index (κ1) is 20.0. The van der Waals surface area contributed by atoms with E-state index in [1.807, 2.05) is 18.2 Å². The molecule has 28 heavy (non-hydrogen) atoms. The molecule has 148 valence electrons. The zero-order valence-electron chi connectivity index (χ0n) is 14.4. The maximum atomic E-state index is 13.0. The van der Waals surface area contributed by atoms with E-state index < -0.39 is 23.5 Å². The van der Waals surface area contributed by atoms with Crippen LogP contribution >= 0.6 is 0 Å². The molecule has 0 aromatic heterocycles. The standard InChI is InChI=1S/C20H15F6NO/c21-19(22,23)14-8-15(20(24,25)26)10-17(9-14)27-16-6-13(7-18(28)11-16)12-4-2-1-3-5-12/h1-5,8-11,13,27H,6-7H2/t13-/m1/s1. The number of carbonyl (C=O) groups is 1. The summed E-state index contributed by atoms with van der Waals surface area (Å²) in [5.41, 5.74) is -2.03. The summed E-state index contributed by atoms with van der Waals surface area (Å²) in [5, 5.41) is 2.58. The number of rotatable bonds is 3. The molecule has 0 saturated carbocycles. The zero-order valence-corrected chi connectivity index (χ0v) is 14.4. The minimum Gasteiger partial charge on any atom is -0.359 e. The molecule has 0 heterocycles. The van der Waals surface area contributed by atoms with E-state index >= 15 is 0 Å². The van der Waals surface area contributed by atoms with Crippen LogP contribution in [-0.4, -0.2) is 5.78 Å². The molecule has 0 saturated heterocycles. The Bertz CT molecular complexity index is 867. The largest absolute Gasteiger partial charge is 0.416 e. The number of benzene rings is 2.